The van der Waals surface area contributed by atoms with E-state index < -0.39 is 6.10 Å². The second-order valence-corrected chi connectivity index (χ2v) is 7.16. The van der Waals surface area contributed by atoms with E-state index in [0.29, 0.717) is 56.7 Å². The number of para-hydroxylation sites is 2. The molecule has 142 valence electrons. The number of nitrogens with zero attached hydrogens (tertiary/aromatic N) is 2. The van der Waals surface area contributed by atoms with Crippen LogP contribution in [0.4, 0.5) is 0 Å². The number of hydrogen-bond donors (Lipinski definition) is 1. The Hall–Kier alpha value is -2.28. The van der Waals surface area contributed by atoms with Crippen LogP contribution in [0, 0.1) is 5.92 Å². The highest BCUT2D eigenvalue weighted by molar-refractivity contribution is 5.82. The van der Waals surface area contributed by atoms with Crippen LogP contribution in [0.5, 0.6) is 11.5 Å². The van der Waals surface area contributed by atoms with E-state index in [4.69, 9.17) is 9.47 Å². The Balaban J connectivity index is 1.45. The molecule has 26 heavy (non-hydrogen) atoms. The van der Waals surface area contributed by atoms with E-state index in [2.05, 4.69) is 24.1 Å². The smallest absolute Gasteiger partial charge is 0.267 e. The molecule has 0 spiro atoms. The standard InChI is InChI=1S/C19H27N3O4/c1-14(2)11-20-18(23)12-21-7-9-22(10-8-21)19(24)17-13-25-15-5-3-4-6-16(15)26-17/h3-6,14,17H,7-13H2,1-2H3,(H,20,23)/t17-/m1/s1. The Labute approximate surface area is 154 Å². The van der Waals surface area contributed by atoms with Gasteiger partial charge < -0.3 is 19.7 Å². The van der Waals surface area contributed by atoms with Gasteiger partial charge in [0.1, 0.15) is 6.61 Å². The molecule has 0 aliphatic carbocycles. The maximum Gasteiger partial charge on any atom is 0.267 e. The van der Waals surface area contributed by atoms with Gasteiger partial charge in [0, 0.05) is 32.7 Å². The molecule has 3 rings (SSSR count). The van der Waals surface area contributed by atoms with Gasteiger partial charge in [-0.1, -0.05) is 26.0 Å². The summed E-state index contributed by atoms with van der Waals surface area (Å²) >= 11 is 0. The molecular formula is C19H27N3O4. The molecule has 2 amide bonds. The monoisotopic (exact) mass is 361 g/mol. The fraction of sp³-hybridized carbons (Fsp3) is 0.579. The molecule has 7 heteroatoms. The van der Waals surface area contributed by atoms with Crippen molar-refractivity contribution in [3.63, 3.8) is 0 Å². The molecule has 0 radical (unpaired) electrons. The van der Waals surface area contributed by atoms with Crippen LogP contribution in [-0.4, -0.2) is 73.6 Å². The number of hydrogen-bond acceptors (Lipinski definition) is 5. The van der Waals surface area contributed by atoms with Crippen LogP contribution < -0.4 is 14.8 Å². The number of fused-ring (bicyclic) bond motifs is 1. The first-order valence-corrected chi connectivity index (χ1v) is 9.19. The summed E-state index contributed by atoms with van der Waals surface area (Å²) < 4.78 is 11.4. The Bertz CT molecular complexity index is 641. The first kappa shape index (κ1) is 18.5. The second-order valence-electron chi connectivity index (χ2n) is 7.16. The highest BCUT2D eigenvalue weighted by Gasteiger charge is 2.32. The molecule has 7 nitrogen and oxygen atoms in total. The minimum absolute atomic E-state index is 0.0408. The fourth-order valence-electron chi connectivity index (χ4n) is 3.05. The van der Waals surface area contributed by atoms with Crippen molar-refractivity contribution in [2.24, 2.45) is 5.92 Å². The summed E-state index contributed by atoms with van der Waals surface area (Å²) in [6, 6.07) is 7.38. The Kier molecular flexibility index (Phi) is 5.98. The minimum Gasteiger partial charge on any atom is -0.485 e. The summed E-state index contributed by atoms with van der Waals surface area (Å²) in [6.07, 6.45) is -0.606. The van der Waals surface area contributed by atoms with Crippen molar-refractivity contribution in [3.05, 3.63) is 24.3 Å². The summed E-state index contributed by atoms with van der Waals surface area (Å²) in [5.41, 5.74) is 0. The lowest BCUT2D eigenvalue weighted by atomic mass is 10.2. The van der Waals surface area contributed by atoms with Crippen molar-refractivity contribution in [1.82, 2.24) is 15.1 Å². The lowest BCUT2D eigenvalue weighted by Crippen LogP contribution is -2.55. The van der Waals surface area contributed by atoms with E-state index in [1.165, 1.54) is 0 Å². The highest BCUT2D eigenvalue weighted by Crippen LogP contribution is 2.31. The number of rotatable bonds is 5. The third-order valence-electron chi connectivity index (χ3n) is 4.54. The summed E-state index contributed by atoms with van der Waals surface area (Å²) in [4.78, 5) is 28.5. The van der Waals surface area contributed by atoms with Crippen molar-refractivity contribution < 1.29 is 19.1 Å². The van der Waals surface area contributed by atoms with Gasteiger partial charge in [0.05, 0.1) is 6.54 Å². The van der Waals surface area contributed by atoms with E-state index in [9.17, 15) is 9.59 Å². The molecule has 2 aliphatic rings. The molecular weight excluding hydrogens is 334 g/mol. The fourth-order valence-corrected chi connectivity index (χ4v) is 3.05. The molecule has 0 bridgehead atoms. The van der Waals surface area contributed by atoms with Crippen LogP contribution in [0.2, 0.25) is 0 Å². The molecule has 0 saturated carbocycles. The topological polar surface area (TPSA) is 71.1 Å². The van der Waals surface area contributed by atoms with Gasteiger partial charge in [-0.25, -0.2) is 0 Å². The summed E-state index contributed by atoms with van der Waals surface area (Å²) in [5.74, 6) is 1.71. The van der Waals surface area contributed by atoms with Crippen LogP contribution >= 0.6 is 0 Å². The number of carbonyl (C=O) groups excluding carboxylic acids is 2. The number of ether oxygens (including phenoxy) is 2. The average molecular weight is 361 g/mol. The summed E-state index contributed by atoms with van der Waals surface area (Å²) in [7, 11) is 0. The first-order chi connectivity index (χ1) is 12.5. The number of carbonyl (C=O) groups is 2. The maximum absolute atomic E-state index is 12.7. The zero-order valence-corrected chi connectivity index (χ0v) is 15.4. The SMILES string of the molecule is CC(C)CNC(=O)CN1CCN(C(=O)[C@H]2COc3ccccc3O2)CC1. The molecule has 1 aromatic rings. The van der Waals surface area contributed by atoms with E-state index >= 15 is 0 Å². The largest absolute Gasteiger partial charge is 0.485 e. The molecule has 0 aromatic heterocycles. The van der Waals surface area contributed by atoms with Gasteiger partial charge in [0.25, 0.3) is 5.91 Å². The highest BCUT2D eigenvalue weighted by atomic mass is 16.6. The molecule has 1 N–H and O–H groups in total. The third-order valence-corrected chi connectivity index (χ3v) is 4.54. The molecule has 1 saturated heterocycles. The lowest BCUT2D eigenvalue weighted by molar-refractivity contribution is -0.143. The number of benzene rings is 1. The van der Waals surface area contributed by atoms with Gasteiger partial charge in [0.15, 0.2) is 11.5 Å². The number of nitrogens with one attached hydrogen (secondary N) is 1. The Morgan fingerprint density at radius 2 is 1.85 bits per heavy atom. The van der Waals surface area contributed by atoms with Crippen molar-refractivity contribution in [2.75, 3.05) is 45.9 Å². The number of amides is 2. The lowest BCUT2D eigenvalue weighted by Gasteiger charge is -2.36. The predicted molar refractivity (Wildman–Crippen MR) is 97.2 cm³/mol. The Morgan fingerprint density at radius 3 is 2.54 bits per heavy atom. The van der Waals surface area contributed by atoms with E-state index in [-0.39, 0.29) is 18.4 Å². The van der Waals surface area contributed by atoms with Crippen LogP contribution in [-0.2, 0) is 9.59 Å². The second kappa shape index (κ2) is 8.40. The number of piperazine rings is 1. The molecule has 1 aromatic carbocycles. The van der Waals surface area contributed by atoms with E-state index in [1.54, 1.807) is 4.90 Å². The van der Waals surface area contributed by atoms with Crippen molar-refractivity contribution in [2.45, 2.75) is 20.0 Å². The third kappa shape index (κ3) is 4.66. The van der Waals surface area contributed by atoms with Crippen LogP contribution in [0.25, 0.3) is 0 Å². The van der Waals surface area contributed by atoms with Gasteiger partial charge >= 0.3 is 0 Å². The summed E-state index contributed by atoms with van der Waals surface area (Å²) in [5, 5.41) is 2.93. The maximum atomic E-state index is 12.7. The van der Waals surface area contributed by atoms with Gasteiger partial charge in [-0.05, 0) is 18.1 Å². The van der Waals surface area contributed by atoms with Crippen molar-refractivity contribution in [3.8, 4) is 11.5 Å². The Morgan fingerprint density at radius 1 is 1.15 bits per heavy atom. The van der Waals surface area contributed by atoms with Gasteiger partial charge in [-0.3, -0.25) is 14.5 Å². The van der Waals surface area contributed by atoms with Crippen LogP contribution in [0.15, 0.2) is 24.3 Å². The quantitative estimate of drug-likeness (QED) is 0.838. The normalized spacial score (nSPS) is 20.1. The van der Waals surface area contributed by atoms with Gasteiger partial charge in [-0.2, -0.15) is 0 Å². The average Bonchev–Trinajstić information content (AvgIpc) is 2.66. The van der Waals surface area contributed by atoms with Gasteiger partial charge in [-0.15, -0.1) is 0 Å². The van der Waals surface area contributed by atoms with E-state index in [1.807, 2.05) is 24.3 Å². The molecule has 1 atom stereocenters. The predicted octanol–water partition coefficient (Wildman–Crippen LogP) is 0.743. The molecule has 2 heterocycles. The molecule has 1 fully saturated rings. The molecule has 0 unspecified atom stereocenters. The van der Waals surface area contributed by atoms with Crippen LogP contribution in [0.3, 0.4) is 0 Å². The van der Waals surface area contributed by atoms with E-state index in [0.717, 1.165) is 0 Å². The minimum atomic E-state index is -0.606. The van der Waals surface area contributed by atoms with Crippen LogP contribution in [0.1, 0.15) is 13.8 Å². The molecule has 2 aliphatic heterocycles. The zero-order chi connectivity index (χ0) is 18.5. The zero-order valence-electron chi connectivity index (χ0n) is 15.4. The summed E-state index contributed by atoms with van der Waals surface area (Å²) in [6.45, 7) is 8.00. The van der Waals surface area contributed by atoms with Gasteiger partial charge in [0.2, 0.25) is 12.0 Å². The first-order valence-electron chi connectivity index (χ1n) is 9.19. The van der Waals surface area contributed by atoms with Crippen molar-refractivity contribution >= 4 is 11.8 Å². The van der Waals surface area contributed by atoms with Crippen molar-refractivity contribution in [1.29, 1.82) is 0 Å².